The van der Waals surface area contributed by atoms with Crippen molar-refractivity contribution in [3.05, 3.63) is 69.7 Å². The van der Waals surface area contributed by atoms with Gasteiger partial charge in [0.2, 0.25) is 0 Å². The molecule has 0 unspecified atom stereocenters. The summed E-state index contributed by atoms with van der Waals surface area (Å²) in [6.45, 7) is 1.35. The third kappa shape index (κ3) is 2.20. The van der Waals surface area contributed by atoms with E-state index in [1.165, 1.54) is 16.7 Å². The van der Waals surface area contributed by atoms with Gasteiger partial charge in [-0.3, -0.25) is 0 Å². The molecule has 0 aromatic heterocycles. The van der Waals surface area contributed by atoms with Crippen LogP contribution in [0.2, 0.25) is 5.02 Å². The topological polar surface area (TPSA) is 9.23 Å². The Labute approximate surface area is 112 Å². The fourth-order valence-electron chi connectivity index (χ4n) is 2.17. The number of rotatable bonds is 2. The van der Waals surface area contributed by atoms with Crippen molar-refractivity contribution in [1.82, 2.24) is 0 Å². The molecule has 90 valence electrons. The van der Waals surface area contributed by atoms with Crippen molar-refractivity contribution in [1.29, 1.82) is 0 Å². The molecule has 0 spiro atoms. The molecular formula is C16H13ClO. The molecule has 2 heteroatoms. The van der Waals surface area contributed by atoms with Gasteiger partial charge in [0.05, 0.1) is 13.2 Å². The lowest BCUT2D eigenvalue weighted by atomic mass is 10.0. The average Bonchev–Trinajstić information content (AvgIpc) is 2.87. The molecule has 1 nitrogen and oxygen atoms in total. The van der Waals surface area contributed by atoms with E-state index < -0.39 is 0 Å². The van der Waals surface area contributed by atoms with Crippen LogP contribution in [-0.2, 0) is 18.0 Å². The quantitative estimate of drug-likeness (QED) is 0.717. The van der Waals surface area contributed by atoms with Gasteiger partial charge in [-0.05, 0) is 28.3 Å². The molecule has 2 aromatic rings. The summed E-state index contributed by atoms with van der Waals surface area (Å²) in [6.07, 6.45) is 4.16. The second-order valence-corrected chi connectivity index (χ2v) is 4.74. The van der Waals surface area contributed by atoms with E-state index in [-0.39, 0.29) is 0 Å². The minimum Gasteiger partial charge on any atom is -0.372 e. The van der Waals surface area contributed by atoms with Gasteiger partial charge in [-0.2, -0.15) is 0 Å². The van der Waals surface area contributed by atoms with E-state index >= 15 is 0 Å². The zero-order chi connectivity index (χ0) is 12.4. The summed E-state index contributed by atoms with van der Waals surface area (Å²) < 4.78 is 5.47. The number of hydrogen-bond acceptors (Lipinski definition) is 1. The molecule has 0 saturated carbocycles. The van der Waals surface area contributed by atoms with Crippen LogP contribution in [0.1, 0.15) is 22.3 Å². The van der Waals surface area contributed by atoms with E-state index in [9.17, 15) is 0 Å². The van der Waals surface area contributed by atoms with Gasteiger partial charge < -0.3 is 4.74 Å². The summed E-state index contributed by atoms with van der Waals surface area (Å²) in [5.41, 5.74) is 4.71. The molecule has 0 atom stereocenters. The van der Waals surface area contributed by atoms with Gasteiger partial charge in [-0.1, -0.05) is 60.2 Å². The zero-order valence-corrected chi connectivity index (χ0v) is 10.7. The van der Waals surface area contributed by atoms with Gasteiger partial charge in [0.15, 0.2) is 0 Å². The highest BCUT2D eigenvalue weighted by Crippen LogP contribution is 2.30. The lowest BCUT2D eigenvalue weighted by Crippen LogP contribution is -1.88. The smallest absolute Gasteiger partial charge is 0.0731 e. The van der Waals surface area contributed by atoms with Gasteiger partial charge in [0.1, 0.15) is 0 Å². The van der Waals surface area contributed by atoms with Crippen LogP contribution in [0.5, 0.6) is 0 Å². The Hall–Kier alpha value is -1.57. The predicted octanol–water partition coefficient (Wildman–Crippen LogP) is 4.54. The highest BCUT2D eigenvalue weighted by Gasteiger charge is 2.15. The molecule has 3 rings (SSSR count). The van der Waals surface area contributed by atoms with Gasteiger partial charge in [0, 0.05) is 5.02 Å². The molecule has 1 aliphatic rings. The molecule has 1 heterocycles. The molecule has 0 amide bonds. The Morgan fingerprint density at radius 2 is 1.78 bits per heavy atom. The van der Waals surface area contributed by atoms with Crippen molar-refractivity contribution >= 4 is 23.8 Å². The predicted molar refractivity (Wildman–Crippen MR) is 75.3 cm³/mol. The Morgan fingerprint density at radius 1 is 0.944 bits per heavy atom. The largest absolute Gasteiger partial charge is 0.372 e. The van der Waals surface area contributed by atoms with Crippen molar-refractivity contribution in [3.63, 3.8) is 0 Å². The van der Waals surface area contributed by atoms with Gasteiger partial charge in [-0.25, -0.2) is 0 Å². The van der Waals surface area contributed by atoms with Crippen LogP contribution in [0.3, 0.4) is 0 Å². The zero-order valence-electron chi connectivity index (χ0n) is 9.90. The van der Waals surface area contributed by atoms with E-state index in [2.05, 4.69) is 24.3 Å². The van der Waals surface area contributed by atoms with Crippen LogP contribution in [0.25, 0.3) is 12.2 Å². The number of fused-ring (bicyclic) bond motifs is 1. The minimum atomic E-state index is 0.657. The maximum absolute atomic E-state index is 6.27. The first-order chi connectivity index (χ1) is 8.84. The second-order valence-electron chi connectivity index (χ2n) is 4.34. The highest BCUT2D eigenvalue weighted by atomic mass is 35.5. The second kappa shape index (κ2) is 4.97. The SMILES string of the molecule is Clc1ccc2c(c1/C=C/c1ccccc1)COC2. The summed E-state index contributed by atoms with van der Waals surface area (Å²) in [5.74, 6) is 0. The summed E-state index contributed by atoms with van der Waals surface area (Å²) in [6, 6.07) is 14.2. The molecule has 2 aromatic carbocycles. The molecule has 18 heavy (non-hydrogen) atoms. The first-order valence-electron chi connectivity index (χ1n) is 5.96. The van der Waals surface area contributed by atoms with Crippen LogP contribution in [0.15, 0.2) is 42.5 Å². The Bertz CT molecular complexity index is 588. The molecule has 0 N–H and O–H groups in total. The molecular weight excluding hydrogens is 244 g/mol. The monoisotopic (exact) mass is 256 g/mol. The van der Waals surface area contributed by atoms with E-state index in [0.29, 0.717) is 13.2 Å². The maximum Gasteiger partial charge on any atom is 0.0731 e. The molecule has 0 bridgehead atoms. The number of ether oxygens (including phenoxy) is 1. The summed E-state index contributed by atoms with van der Waals surface area (Å²) in [7, 11) is 0. The molecule has 0 aliphatic carbocycles. The lowest BCUT2D eigenvalue weighted by Gasteiger charge is -2.05. The lowest BCUT2D eigenvalue weighted by molar-refractivity contribution is 0.134. The normalized spacial score (nSPS) is 14.1. The fraction of sp³-hybridized carbons (Fsp3) is 0.125. The Balaban J connectivity index is 1.98. The Morgan fingerprint density at radius 3 is 2.61 bits per heavy atom. The van der Waals surface area contributed by atoms with Crippen molar-refractivity contribution in [2.75, 3.05) is 0 Å². The van der Waals surface area contributed by atoms with E-state index in [0.717, 1.165) is 10.6 Å². The number of benzene rings is 2. The fourth-order valence-corrected chi connectivity index (χ4v) is 2.41. The molecule has 1 aliphatic heterocycles. The van der Waals surface area contributed by atoms with Gasteiger partial charge >= 0.3 is 0 Å². The summed E-state index contributed by atoms with van der Waals surface area (Å²) in [4.78, 5) is 0. The van der Waals surface area contributed by atoms with Gasteiger partial charge in [0.25, 0.3) is 0 Å². The van der Waals surface area contributed by atoms with Crippen LogP contribution in [-0.4, -0.2) is 0 Å². The van der Waals surface area contributed by atoms with Gasteiger partial charge in [-0.15, -0.1) is 0 Å². The third-order valence-electron chi connectivity index (χ3n) is 3.15. The maximum atomic E-state index is 6.27. The van der Waals surface area contributed by atoms with E-state index in [1.54, 1.807) is 0 Å². The van der Waals surface area contributed by atoms with Crippen molar-refractivity contribution in [2.45, 2.75) is 13.2 Å². The van der Waals surface area contributed by atoms with Crippen LogP contribution >= 0.6 is 11.6 Å². The van der Waals surface area contributed by atoms with Crippen molar-refractivity contribution < 1.29 is 4.74 Å². The number of halogens is 1. The standard InChI is InChI=1S/C16H13ClO/c17-16-9-7-13-10-18-11-15(13)14(16)8-6-12-4-2-1-3-5-12/h1-9H,10-11H2/b8-6+. The van der Waals surface area contributed by atoms with Crippen LogP contribution < -0.4 is 0 Å². The first-order valence-corrected chi connectivity index (χ1v) is 6.33. The molecule has 0 radical (unpaired) electrons. The average molecular weight is 257 g/mol. The van der Waals surface area contributed by atoms with E-state index in [1.807, 2.05) is 30.3 Å². The van der Waals surface area contributed by atoms with Crippen LogP contribution in [0.4, 0.5) is 0 Å². The minimum absolute atomic E-state index is 0.657. The van der Waals surface area contributed by atoms with E-state index in [4.69, 9.17) is 16.3 Å². The summed E-state index contributed by atoms with van der Waals surface area (Å²) in [5, 5.41) is 0.784. The highest BCUT2D eigenvalue weighted by molar-refractivity contribution is 6.32. The first kappa shape index (κ1) is 11.5. The molecule has 0 saturated heterocycles. The Kier molecular flexibility index (Phi) is 3.18. The summed E-state index contributed by atoms with van der Waals surface area (Å²) >= 11 is 6.27. The number of hydrogen-bond donors (Lipinski definition) is 0. The molecule has 0 fully saturated rings. The third-order valence-corrected chi connectivity index (χ3v) is 3.48. The van der Waals surface area contributed by atoms with Crippen LogP contribution in [0, 0.1) is 0 Å². The van der Waals surface area contributed by atoms with Crippen molar-refractivity contribution in [3.8, 4) is 0 Å². The van der Waals surface area contributed by atoms with Crippen molar-refractivity contribution in [2.24, 2.45) is 0 Å².